The third kappa shape index (κ3) is 3.19. The van der Waals surface area contributed by atoms with Crippen molar-refractivity contribution in [2.75, 3.05) is 5.32 Å². The maximum absolute atomic E-state index is 11.5. The van der Waals surface area contributed by atoms with Crippen molar-refractivity contribution in [3.63, 3.8) is 0 Å². The average molecular weight is 313 g/mol. The largest absolute Gasteiger partial charge is 0.444 e. The Balaban J connectivity index is 2.15. The number of nitrogens with one attached hydrogen (secondary N) is 1. The van der Waals surface area contributed by atoms with Gasteiger partial charge >= 0.3 is 6.09 Å². The monoisotopic (exact) mass is 312 g/mol. The molecule has 0 saturated heterocycles. The molecule has 0 aromatic carbocycles. The van der Waals surface area contributed by atoms with E-state index < -0.39 is 11.7 Å². The molecule has 96 valence electrons. The minimum absolute atomic E-state index is 0.211. The molecule has 6 nitrogen and oxygen atoms in total. The summed E-state index contributed by atoms with van der Waals surface area (Å²) in [4.78, 5) is 15.7. The molecule has 7 heteroatoms. The summed E-state index contributed by atoms with van der Waals surface area (Å²) in [6.45, 7) is 5.38. The number of anilines is 1. The number of carbonyl (C=O) groups excluding carboxylic acids is 1. The normalized spacial score (nSPS) is 11.6. The van der Waals surface area contributed by atoms with E-state index in [9.17, 15) is 4.79 Å². The van der Waals surface area contributed by atoms with Crippen LogP contribution in [0.3, 0.4) is 0 Å². The van der Waals surface area contributed by atoms with E-state index in [4.69, 9.17) is 4.74 Å². The zero-order valence-corrected chi connectivity index (χ0v) is 11.9. The van der Waals surface area contributed by atoms with Crippen LogP contribution in [0.15, 0.2) is 22.8 Å². The first-order valence-corrected chi connectivity index (χ1v) is 6.15. The lowest BCUT2D eigenvalue weighted by atomic mass is 10.2. The summed E-state index contributed by atoms with van der Waals surface area (Å²) in [5.74, 6) is 0.211. The van der Waals surface area contributed by atoms with Crippen molar-refractivity contribution in [3.8, 4) is 0 Å². The number of halogens is 1. The van der Waals surface area contributed by atoms with Crippen LogP contribution in [0.5, 0.6) is 0 Å². The van der Waals surface area contributed by atoms with Gasteiger partial charge in [0.15, 0.2) is 5.65 Å². The second kappa shape index (κ2) is 4.56. The lowest BCUT2D eigenvalue weighted by Gasteiger charge is -2.18. The summed E-state index contributed by atoms with van der Waals surface area (Å²) >= 11 is 3.34. The van der Waals surface area contributed by atoms with E-state index in [1.54, 1.807) is 37.5 Å². The molecule has 18 heavy (non-hydrogen) atoms. The van der Waals surface area contributed by atoms with Gasteiger partial charge in [0.1, 0.15) is 5.60 Å². The van der Waals surface area contributed by atoms with Gasteiger partial charge in [-0.15, -0.1) is 5.10 Å². The molecule has 0 saturated carbocycles. The molecule has 2 heterocycles. The molecule has 0 aliphatic heterocycles. The fraction of sp³-hybridized carbons (Fsp3) is 0.364. The summed E-state index contributed by atoms with van der Waals surface area (Å²) in [7, 11) is 0. The number of hydrogen-bond acceptors (Lipinski definition) is 4. The van der Waals surface area contributed by atoms with Gasteiger partial charge in [-0.1, -0.05) is 15.9 Å². The first kappa shape index (κ1) is 12.8. The highest BCUT2D eigenvalue weighted by atomic mass is 79.9. The van der Waals surface area contributed by atoms with Crippen molar-refractivity contribution in [3.05, 3.63) is 22.8 Å². The summed E-state index contributed by atoms with van der Waals surface area (Å²) < 4.78 is 7.57. The van der Waals surface area contributed by atoms with Crippen molar-refractivity contribution in [1.82, 2.24) is 14.6 Å². The van der Waals surface area contributed by atoms with E-state index >= 15 is 0 Å². The highest BCUT2D eigenvalue weighted by Crippen LogP contribution is 2.14. The van der Waals surface area contributed by atoms with Gasteiger partial charge in [0.25, 0.3) is 5.95 Å². The van der Waals surface area contributed by atoms with Crippen LogP contribution in [0.25, 0.3) is 5.65 Å². The van der Waals surface area contributed by atoms with Crippen molar-refractivity contribution in [1.29, 1.82) is 0 Å². The van der Waals surface area contributed by atoms with Gasteiger partial charge in [-0.2, -0.15) is 4.98 Å². The highest BCUT2D eigenvalue weighted by molar-refractivity contribution is 9.10. The van der Waals surface area contributed by atoms with E-state index in [0.29, 0.717) is 5.65 Å². The number of aromatic nitrogens is 3. The summed E-state index contributed by atoms with van der Waals surface area (Å²) in [6, 6.07) is 3.63. The van der Waals surface area contributed by atoms with Crippen LogP contribution < -0.4 is 5.32 Å². The van der Waals surface area contributed by atoms with E-state index in [2.05, 4.69) is 31.3 Å². The Labute approximate surface area is 112 Å². The van der Waals surface area contributed by atoms with Gasteiger partial charge in [0.05, 0.1) is 0 Å². The van der Waals surface area contributed by atoms with Crippen molar-refractivity contribution in [2.45, 2.75) is 26.4 Å². The van der Waals surface area contributed by atoms with E-state index in [1.165, 1.54) is 0 Å². The SMILES string of the molecule is CC(C)(C)OC(=O)Nc1nc2cc(Br)ccn2n1. The first-order valence-electron chi connectivity index (χ1n) is 5.35. The second-order valence-electron chi connectivity index (χ2n) is 4.71. The quantitative estimate of drug-likeness (QED) is 0.879. The lowest BCUT2D eigenvalue weighted by Crippen LogP contribution is -2.27. The zero-order valence-electron chi connectivity index (χ0n) is 10.3. The van der Waals surface area contributed by atoms with Gasteiger partial charge < -0.3 is 4.74 Å². The Morgan fingerprint density at radius 3 is 2.89 bits per heavy atom. The minimum Gasteiger partial charge on any atom is -0.444 e. The summed E-state index contributed by atoms with van der Waals surface area (Å²) in [6.07, 6.45) is 1.17. The molecule has 0 bridgehead atoms. The predicted octanol–water partition coefficient (Wildman–Crippen LogP) is 2.84. The maximum atomic E-state index is 11.5. The molecule has 0 radical (unpaired) electrons. The molecule has 0 unspecified atom stereocenters. The summed E-state index contributed by atoms with van der Waals surface area (Å²) in [5.41, 5.74) is 0.0853. The topological polar surface area (TPSA) is 68.5 Å². The molecule has 2 rings (SSSR count). The van der Waals surface area contributed by atoms with Gasteiger partial charge in [0.2, 0.25) is 0 Å². The first-order chi connectivity index (χ1) is 8.33. The molecule has 2 aromatic rings. The number of hydrogen-bond donors (Lipinski definition) is 1. The molecule has 0 spiro atoms. The smallest absolute Gasteiger partial charge is 0.414 e. The molecule has 0 aliphatic rings. The molecule has 0 aliphatic carbocycles. The van der Waals surface area contributed by atoms with E-state index in [1.807, 2.05) is 6.07 Å². The van der Waals surface area contributed by atoms with E-state index in [0.717, 1.165) is 4.47 Å². The van der Waals surface area contributed by atoms with Crippen LogP contribution in [0, 0.1) is 0 Å². The minimum atomic E-state index is -0.572. The number of pyridine rings is 1. The highest BCUT2D eigenvalue weighted by Gasteiger charge is 2.17. The molecule has 0 atom stereocenters. The number of rotatable bonds is 1. The van der Waals surface area contributed by atoms with Gasteiger partial charge in [-0.25, -0.2) is 9.31 Å². The van der Waals surface area contributed by atoms with Crippen LogP contribution in [0.2, 0.25) is 0 Å². The fourth-order valence-electron chi connectivity index (χ4n) is 1.30. The summed E-state index contributed by atoms with van der Waals surface area (Å²) in [5, 5.41) is 6.58. The average Bonchev–Trinajstić information content (AvgIpc) is 2.55. The third-order valence-electron chi connectivity index (χ3n) is 1.91. The van der Waals surface area contributed by atoms with Crippen LogP contribution >= 0.6 is 15.9 Å². The Bertz CT molecular complexity index is 588. The van der Waals surface area contributed by atoms with Crippen molar-refractivity contribution < 1.29 is 9.53 Å². The Hall–Kier alpha value is -1.63. The Morgan fingerprint density at radius 2 is 2.22 bits per heavy atom. The van der Waals surface area contributed by atoms with Gasteiger partial charge in [0, 0.05) is 10.7 Å². The zero-order chi connectivity index (χ0) is 13.3. The Morgan fingerprint density at radius 1 is 1.50 bits per heavy atom. The molecule has 1 amide bonds. The number of ether oxygens (including phenoxy) is 1. The molecule has 0 fully saturated rings. The number of amides is 1. The van der Waals surface area contributed by atoms with Gasteiger partial charge in [-0.3, -0.25) is 5.32 Å². The van der Waals surface area contributed by atoms with Crippen molar-refractivity contribution in [2.24, 2.45) is 0 Å². The predicted molar refractivity (Wildman–Crippen MR) is 70.5 cm³/mol. The van der Waals surface area contributed by atoms with Crippen LogP contribution in [-0.2, 0) is 4.74 Å². The number of carbonyl (C=O) groups is 1. The molecule has 2 aromatic heterocycles. The molecular weight excluding hydrogens is 300 g/mol. The lowest BCUT2D eigenvalue weighted by molar-refractivity contribution is 0.0634. The van der Waals surface area contributed by atoms with Crippen molar-refractivity contribution >= 4 is 33.6 Å². The second-order valence-corrected chi connectivity index (χ2v) is 5.63. The van der Waals surface area contributed by atoms with Crippen LogP contribution in [0.4, 0.5) is 10.7 Å². The molecule has 1 N–H and O–H groups in total. The molecular formula is C11H13BrN4O2. The standard InChI is InChI=1S/C11H13BrN4O2/c1-11(2,3)18-10(17)14-9-13-8-6-7(12)4-5-16(8)15-9/h4-6H,1-3H3,(H,14,15,17). The maximum Gasteiger partial charge on any atom is 0.414 e. The van der Waals surface area contributed by atoms with Gasteiger partial charge in [-0.05, 0) is 32.9 Å². The van der Waals surface area contributed by atoms with Crippen LogP contribution in [-0.4, -0.2) is 26.3 Å². The fourth-order valence-corrected chi connectivity index (χ4v) is 1.63. The van der Waals surface area contributed by atoms with E-state index in [-0.39, 0.29) is 5.95 Å². The van der Waals surface area contributed by atoms with Crippen LogP contribution in [0.1, 0.15) is 20.8 Å². The number of nitrogens with zero attached hydrogens (tertiary/aromatic N) is 3. The Kier molecular flexibility index (Phi) is 3.25. The number of fused-ring (bicyclic) bond motifs is 1. The third-order valence-corrected chi connectivity index (χ3v) is 2.41.